The van der Waals surface area contributed by atoms with Gasteiger partial charge in [-0.05, 0) is 92.3 Å². The zero-order valence-corrected chi connectivity index (χ0v) is 20.8. The smallest absolute Gasteiger partial charge is 0.244 e. The molecule has 1 amide bonds. The number of fused-ring (bicyclic) bond motifs is 1. The van der Waals surface area contributed by atoms with E-state index in [1.54, 1.807) is 0 Å². The maximum absolute atomic E-state index is 13.4. The lowest BCUT2D eigenvalue weighted by molar-refractivity contribution is -0.123. The standard InChI is InChI=1S/C26H36N2O3S/c1-6-24(22-13-12-20-10-8-9-11-21(20)17-22)27-26(29)25(7-2)28(32(5,30)31)23-15-18(3)14-19(4)16-23/h12-17,24-25H,6-11H2,1-5H3,(H,27,29)/t24-,25-/m0/s1. The molecule has 0 aromatic heterocycles. The van der Waals surface area contributed by atoms with E-state index in [2.05, 4.69) is 23.5 Å². The predicted molar refractivity (Wildman–Crippen MR) is 132 cm³/mol. The molecule has 0 unspecified atom stereocenters. The van der Waals surface area contributed by atoms with Crippen molar-refractivity contribution in [3.8, 4) is 0 Å². The molecule has 2 aromatic rings. The summed E-state index contributed by atoms with van der Waals surface area (Å²) in [5.74, 6) is -0.262. The first kappa shape index (κ1) is 24.3. The number of amides is 1. The Morgan fingerprint density at radius 3 is 2.16 bits per heavy atom. The van der Waals surface area contributed by atoms with Gasteiger partial charge in [-0.1, -0.05) is 38.1 Å². The summed E-state index contributed by atoms with van der Waals surface area (Å²) in [7, 11) is -3.65. The van der Waals surface area contributed by atoms with E-state index in [9.17, 15) is 13.2 Å². The number of nitrogens with zero attached hydrogens (tertiary/aromatic N) is 1. The third kappa shape index (κ3) is 5.52. The lowest BCUT2D eigenvalue weighted by Crippen LogP contribution is -2.50. The van der Waals surface area contributed by atoms with E-state index < -0.39 is 16.1 Å². The van der Waals surface area contributed by atoms with E-state index in [1.165, 1.54) is 34.5 Å². The molecule has 0 spiro atoms. The molecule has 3 rings (SSSR count). The minimum Gasteiger partial charge on any atom is -0.347 e. The van der Waals surface area contributed by atoms with Crippen LogP contribution in [0.3, 0.4) is 0 Å². The SMILES string of the molecule is CC[C@H](NC(=O)[C@H](CC)N(c1cc(C)cc(C)c1)S(C)(=O)=O)c1ccc2c(c1)CCCC2. The summed E-state index contributed by atoms with van der Waals surface area (Å²) < 4.78 is 26.9. The van der Waals surface area contributed by atoms with Crippen molar-refractivity contribution in [1.29, 1.82) is 0 Å². The topological polar surface area (TPSA) is 66.5 Å². The molecular formula is C26H36N2O3S. The zero-order valence-electron chi connectivity index (χ0n) is 19.9. The molecule has 6 heteroatoms. The van der Waals surface area contributed by atoms with Crippen molar-refractivity contribution in [2.24, 2.45) is 0 Å². The molecule has 2 aromatic carbocycles. The van der Waals surface area contributed by atoms with Crippen LogP contribution >= 0.6 is 0 Å². The number of sulfonamides is 1. The first-order valence-electron chi connectivity index (χ1n) is 11.6. The second-order valence-electron chi connectivity index (χ2n) is 9.03. The number of benzene rings is 2. The Balaban J connectivity index is 1.90. The molecule has 0 fully saturated rings. The van der Waals surface area contributed by atoms with Crippen molar-refractivity contribution in [3.63, 3.8) is 0 Å². The van der Waals surface area contributed by atoms with Gasteiger partial charge in [0.15, 0.2) is 0 Å². The molecule has 5 nitrogen and oxygen atoms in total. The van der Waals surface area contributed by atoms with E-state index >= 15 is 0 Å². The summed E-state index contributed by atoms with van der Waals surface area (Å²) in [6, 6.07) is 11.2. The molecule has 1 aliphatic rings. The van der Waals surface area contributed by atoms with Crippen molar-refractivity contribution in [1.82, 2.24) is 5.32 Å². The molecule has 0 saturated carbocycles. The number of anilines is 1. The van der Waals surface area contributed by atoms with Gasteiger partial charge in [0.05, 0.1) is 18.0 Å². The van der Waals surface area contributed by atoms with Crippen molar-refractivity contribution >= 4 is 21.6 Å². The van der Waals surface area contributed by atoms with Crippen LogP contribution in [0.15, 0.2) is 36.4 Å². The lowest BCUT2D eigenvalue weighted by atomic mass is 9.88. The van der Waals surface area contributed by atoms with Crippen molar-refractivity contribution < 1.29 is 13.2 Å². The van der Waals surface area contributed by atoms with E-state index in [0.29, 0.717) is 12.1 Å². The normalized spacial score (nSPS) is 15.5. The quantitative estimate of drug-likeness (QED) is 0.608. The van der Waals surface area contributed by atoms with Gasteiger partial charge in [-0.3, -0.25) is 9.10 Å². The molecular weight excluding hydrogens is 420 g/mol. The van der Waals surface area contributed by atoms with Gasteiger partial charge in [0.1, 0.15) is 6.04 Å². The molecule has 174 valence electrons. The average Bonchev–Trinajstić information content (AvgIpc) is 2.73. The van der Waals surface area contributed by atoms with Crippen molar-refractivity contribution in [2.45, 2.75) is 78.3 Å². The maximum Gasteiger partial charge on any atom is 0.244 e. The van der Waals surface area contributed by atoms with Crippen LogP contribution < -0.4 is 9.62 Å². The van der Waals surface area contributed by atoms with E-state index in [4.69, 9.17) is 0 Å². The molecule has 0 heterocycles. The second kappa shape index (κ2) is 10.1. The fourth-order valence-corrected chi connectivity index (χ4v) is 5.99. The highest BCUT2D eigenvalue weighted by Crippen LogP contribution is 2.28. The fraction of sp³-hybridized carbons (Fsp3) is 0.500. The molecule has 2 atom stereocenters. The van der Waals surface area contributed by atoms with Crippen LogP contribution in [0.5, 0.6) is 0 Å². The Morgan fingerprint density at radius 1 is 0.969 bits per heavy atom. The van der Waals surface area contributed by atoms with Crippen molar-refractivity contribution in [2.75, 3.05) is 10.6 Å². The van der Waals surface area contributed by atoms with Gasteiger partial charge in [-0.15, -0.1) is 0 Å². The zero-order chi connectivity index (χ0) is 23.5. The van der Waals surface area contributed by atoms with Gasteiger partial charge in [-0.25, -0.2) is 8.42 Å². The second-order valence-corrected chi connectivity index (χ2v) is 10.9. The van der Waals surface area contributed by atoms with Gasteiger partial charge >= 0.3 is 0 Å². The summed E-state index contributed by atoms with van der Waals surface area (Å²) in [6.07, 6.45) is 6.93. The predicted octanol–water partition coefficient (Wildman–Crippen LogP) is 4.99. The summed E-state index contributed by atoms with van der Waals surface area (Å²) >= 11 is 0. The van der Waals surface area contributed by atoms with E-state index in [0.717, 1.165) is 36.0 Å². The van der Waals surface area contributed by atoms with Crippen LogP contribution in [-0.4, -0.2) is 26.6 Å². The van der Waals surface area contributed by atoms with Crippen LogP contribution in [0.4, 0.5) is 5.69 Å². The molecule has 0 saturated heterocycles. The summed E-state index contributed by atoms with van der Waals surface area (Å²) in [5, 5.41) is 3.15. The number of hydrogen-bond acceptors (Lipinski definition) is 3. The summed E-state index contributed by atoms with van der Waals surface area (Å²) in [5.41, 5.74) is 6.34. The third-order valence-electron chi connectivity index (χ3n) is 6.29. The molecule has 0 aliphatic heterocycles. The number of nitrogens with one attached hydrogen (secondary N) is 1. The van der Waals surface area contributed by atoms with Gasteiger partial charge in [0.25, 0.3) is 0 Å². The van der Waals surface area contributed by atoms with Crippen LogP contribution in [-0.2, 0) is 27.7 Å². The molecule has 0 bridgehead atoms. The Kier molecular flexibility index (Phi) is 7.65. The minimum absolute atomic E-state index is 0.149. The van der Waals surface area contributed by atoms with Crippen LogP contribution in [0.2, 0.25) is 0 Å². The highest BCUT2D eigenvalue weighted by molar-refractivity contribution is 7.92. The molecule has 0 radical (unpaired) electrons. The number of aryl methyl sites for hydroxylation is 4. The monoisotopic (exact) mass is 456 g/mol. The highest BCUT2D eigenvalue weighted by Gasteiger charge is 2.32. The lowest BCUT2D eigenvalue weighted by Gasteiger charge is -2.32. The Labute approximate surface area is 193 Å². The Morgan fingerprint density at radius 2 is 1.59 bits per heavy atom. The number of carbonyl (C=O) groups is 1. The maximum atomic E-state index is 13.4. The van der Waals surface area contributed by atoms with Crippen LogP contribution in [0.1, 0.15) is 73.4 Å². The molecule has 32 heavy (non-hydrogen) atoms. The highest BCUT2D eigenvalue weighted by atomic mass is 32.2. The van der Waals surface area contributed by atoms with Gasteiger partial charge in [0, 0.05) is 0 Å². The fourth-order valence-electron chi connectivity index (χ4n) is 4.80. The van der Waals surface area contributed by atoms with Crippen LogP contribution in [0.25, 0.3) is 0 Å². The molecule has 1 N–H and O–H groups in total. The van der Waals surface area contributed by atoms with Crippen LogP contribution in [0, 0.1) is 13.8 Å². The summed E-state index contributed by atoms with van der Waals surface area (Å²) in [6.45, 7) is 7.76. The summed E-state index contributed by atoms with van der Waals surface area (Å²) in [4.78, 5) is 13.4. The van der Waals surface area contributed by atoms with Gasteiger partial charge < -0.3 is 5.32 Å². The third-order valence-corrected chi connectivity index (χ3v) is 7.47. The Bertz CT molecular complexity index is 1060. The van der Waals surface area contributed by atoms with Gasteiger partial charge in [-0.2, -0.15) is 0 Å². The van der Waals surface area contributed by atoms with Gasteiger partial charge in [0.2, 0.25) is 15.9 Å². The number of hydrogen-bond donors (Lipinski definition) is 1. The van der Waals surface area contributed by atoms with E-state index in [1.807, 2.05) is 45.9 Å². The van der Waals surface area contributed by atoms with Crippen molar-refractivity contribution in [3.05, 3.63) is 64.2 Å². The molecule has 1 aliphatic carbocycles. The van der Waals surface area contributed by atoms with E-state index in [-0.39, 0.29) is 11.9 Å². The largest absolute Gasteiger partial charge is 0.347 e. The number of rotatable bonds is 8. The minimum atomic E-state index is -3.65. The number of carbonyl (C=O) groups excluding carboxylic acids is 1. The Hall–Kier alpha value is -2.34. The first-order chi connectivity index (χ1) is 15.1. The average molecular weight is 457 g/mol. The first-order valence-corrected chi connectivity index (χ1v) is 13.5.